The number of aliphatic carboxylic acids is 2. The molecule has 0 saturated heterocycles. The summed E-state index contributed by atoms with van der Waals surface area (Å²) in [5.74, 6) is -4.99. The van der Waals surface area contributed by atoms with Crippen LogP contribution in [0.15, 0.2) is 24.3 Å². The number of carboxylic acid groups (broad SMARTS) is 2. The van der Waals surface area contributed by atoms with Gasteiger partial charge in [0.15, 0.2) is 0 Å². The second kappa shape index (κ2) is 25.7. The number of esters is 2. The second-order valence-corrected chi connectivity index (χ2v) is 7.79. The van der Waals surface area contributed by atoms with Gasteiger partial charge in [0.05, 0.1) is 50.4 Å². The van der Waals surface area contributed by atoms with Crippen molar-refractivity contribution in [2.75, 3.05) is 39.5 Å². The van der Waals surface area contributed by atoms with Gasteiger partial charge in [-0.1, -0.05) is 10.5 Å². The molecule has 0 radical (unpaired) electrons. The molecule has 0 aliphatic carbocycles. The van der Waals surface area contributed by atoms with E-state index in [1.165, 1.54) is 27.7 Å². The number of rotatable bonds is 21. The molecule has 2 N–H and O–H groups in total. The van der Waals surface area contributed by atoms with Crippen LogP contribution in [0.3, 0.4) is 0 Å². The van der Waals surface area contributed by atoms with Gasteiger partial charge in [-0.3, -0.25) is 19.4 Å². The molecule has 0 heterocycles. The van der Waals surface area contributed by atoms with Gasteiger partial charge in [-0.05, 0) is 39.8 Å². The summed E-state index contributed by atoms with van der Waals surface area (Å²) in [4.78, 5) is 65.4. The summed E-state index contributed by atoms with van der Waals surface area (Å²) >= 11 is 0. The molecule has 0 aromatic heterocycles. The van der Waals surface area contributed by atoms with Crippen molar-refractivity contribution >= 4 is 23.9 Å². The summed E-state index contributed by atoms with van der Waals surface area (Å²) in [6, 6.07) is 0. The van der Waals surface area contributed by atoms with Crippen LogP contribution in [0, 0.1) is 0 Å². The molecule has 0 bridgehead atoms. The van der Waals surface area contributed by atoms with Gasteiger partial charge in [-0.25, -0.2) is 9.59 Å². The Morgan fingerprint density at radius 3 is 1.20 bits per heavy atom. The van der Waals surface area contributed by atoms with E-state index in [-0.39, 0.29) is 98.6 Å². The van der Waals surface area contributed by atoms with Crippen molar-refractivity contribution in [2.45, 2.75) is 52.1 Å². The molecule has 0 aromatic carbocycles. The number of carbonyl (C=O) groups is 4. The first-order valence-electron chi connectivity index (χ1n) is 11.4. The predicted molar refractivity (Wildman–Crippen MR) is 120 cm³/mol. The minimum absolute atomic E-state index is 0. The zero-order chi connectivity index (χ0) is 29.1. The SMILES string of the molecule is CC(O)CON(CCN(OCC(C)O)OCC(C)OC(=O)/C=C\C(=O)[O-])OCC(C)OC(=O)/C=C\C(=O)[O-].[Na+].[Na+]. The van der Waals surface area contributed by atoms with E-state index in [1.54, 1.807) is 0 Å². The van der Waals surface area contributed by atoms with E-state index in [9.17, 15) is 39.6 Å². The third-order valence-electron chi connectivity index (χ3n) is 3.64. The number of carbonyl (C=O) groups excluding carboxylic acids is 4. The third kappa shape index (κ3) is 27.2. The van der Waals surface area contributed by atoms with Gasteiger partial charge in [0, 0.05) is 12.2 Å². The van der Waals surface area contributed by atoms with E-state index in [2.05, 4.69) is 0 Å². The second-order valence-electron chi connectivity index (χ2n) is 7.79. The summed E-state index contributed by atoms with van der Waals surface area (Å²) in [6.07, 6.45) is -0.971. The Morgan fingerprint density at radius 2 is 0.925 bits per heavy atom. The first kappa shape index (κ1) is 43.5. The zero-order valence-electron chi connectivity index (χ0n) is 23.5. The average molecular weight is 596 g/mol. The molecule has 0 aliphatic heterocycles. The van der Waals surface area contributed by atoms with Crippen LogP contribution >= 0.6 is 0 Å². The van der Waals surface area contributed by atoms with E-state index in [0.717, 1.165) is 10.5 Å². The summed E-state index contributed by atoms with van der Waals surface area (Å²) in [7, 11) is 0. The Kier molecular flexibility index (Phi) is 28.0. The maximum atomic E-state index is 11.6. The van der Waals surface area contributed by atoms with Crippen molar-refractivity contribution in [3.05, 3.63) is 24.3 Å². The molecule has 218 valence electrons. The summed E-state index contributed by atoms with van der Waals surface area (Å²) in [6.45, 7) is 5.00. The molecule has 4 unspecified atom stereocenters. The van der Waals surface area contributed by atoms with Gasteiger partial charge in [-0.2, -0.15) is 0 Å². The molecular formula is C22H34N2Na2O14. The van der Waals surface area contributed by atoms with Gasteiger partial charge < -0.3 is 39.5 Å². The normalized spacial score (nSPS) is 14.3. The molecule has 0 spiro atoms. The van der Waals surface area contributed by atoms with E-state index in [1.807, 2.05) is 0 Å². The molecule has 0 aromatic rings. The van der Waals surface area contributed by atoms with Gasteiger partial charge in [-0.15, -0.1) is 0 Å². The Morgan fingerprint density at radius 1 is 0.625 bits per heavy atom. The van der Waals surface area contributed by atoms with Crippen molar-refractivity contribution < 1.29 is 128 Å². The predicted octanol–water partition coefficient (Wildman–Crippen LogP) is -9.44. The number of hydrogen-bond acceptors (Lipinski definition) is 16. The Hall–Kier alpha value is -0.960. The monoisotopic (exact) mass is 596 g/mol. The van der Waals surface area contributed by atoms with E-state index in [4.69, 9.17) is 28.8 Å². The number of hydroxylamine groups is 4. The first-order chi connectivity index (χ1) is 17.8. The molecule has 0 rings (SSSR count). The van der Waals surface area contributed by atoms with Crippen LogP contribution in [-0.2, 0) is 48.0 Å². The van der Waals surface area contributed by atoms with Crippen LogP contribution in [0.1, 0.15) is 27.7 Å². The van der Waals surface area contributed by atoms with Crippen LogP contribution < -0.4 is 69.3 Å². The third-order valence-corrected chi connectivity index (χ3v) is 3.64. The fourth-order valence-electron chi connectivity index (χ4n) is 2.07. The van der Waals surface area contributed by atoms with Gasteiger partial charge in [0.2, 0.25) is 0 Å². The van der Waals surface area contributed by atoms with E-state index < -0.39 is 48.3 Å². The molecule has 18 heteroatoms. The minimum Gasteiger partial charge on any atom is -0.545 e. The number of nitrogens with zero attached hydrogens (tertiary/aromatic N) is 2. The molecule has 0 fully saturated rings. The van der Waals surface area contributed by atoms with Crippen molar-refractivity contribution in [2.24, 2.45) is 0 Å². The average Bonchev–Trinajstić information content (AvgIpc) is 2.81. The van der Waals surface area contributed by atoms with Gasteiger partial charge in [0.1, 0.15) is 25.4 Å². The van der Waals surface area contributed by atoms with Crippen LogP contribution in [0.5, 0.6) is 0 Å². The molecule has 16 nitrogen and oxygen atoms in total. The van der Waals surface area contributed by atoms with Crippen LogP contribution in [0.25, 0.3) is 0 Å². The Bertz CT molecular complexity index is 733. The van der Waals surface area contributed by atoms with Crippen LogP contribution in [0.2, 0.25) is 0 Å². The van der Waals surface area contributed by atoms with Crippen molar-refractivity contribution in [3.8, 4) is 0 Å². The smallest absolute Gasteiger partial charge is 0.545 e. The molecule has 0 saturated carbocycles. The first-order valence-corrected chi connectivity index (χ1v) is 11.4. The quantitative estimate of drug-likeness (QED) is 0.0544. The van der Waals surface area contributed by atoms with Crippen LogP contribution in [-0.4, -0.2) is 108 Å². The topological polar surface area (TPSA) is 217 Å². The van der Waals surface area contributed by atoms with E-state index in [0.29, 0.717) is 24.3 Å². The number of hydrogen-bond donors (Lipinski definition) is 2. The Balaban J connectivity index is -0.00000684. The fraction of sp³-hybridized carbons (Fsp3) is 0.636. The number of ether oxygens (including phenoxy) is 2. The fourth-order valence-corrected chi connectivity index (χ4v) is 2.07. The number of carboxylic acids is 2. The largest absolute Gasteiger partial charge is 1.00 e. The molecule has 40 heavy (non-hydrogen) atoms. The molecule has 4 atom stereocenters. The maximum absolute atomic E-state index is 11.6. The molecular weight excluding hydrogens is 562 g/mol. The zero-order valence-corrected chi connectivity index (χ0v) is 27.5. The summed E-state index contributed by atoms with van der Waals surface area (Å²) in [5, 5.41) is 41.7. The Labute approximate surface area is 276 Å². The molecule has 0 aliphatic rings. The number of aliphatic hydroxyl groups is 2. The van der Waals surface area contributed by atoms with Crippen LogP contribution in [0.4, 0.5) is 0 Å². The van der Waals surface area contributed by atoms with Crippen molar-refractivity contribution in [3.63, 3.8) is 0 Å². The van der Waals surface area contributed by atoms with Crippen molar-refractivity contribution in [1.82, 2.24) is 10.5 Å². The van der Waals surface area contributed by atoms with Crippen molar-refractivity contribution in [1.29, 1.82) is 0 Å². The van der Waals surface area contributed by atoms with E-state index >= 15 is 0 Å². The summed E-state index contributed by atoms with van der Waals surface area (Å²) in [5.41, 5.74) is 0. The minimum atomic E-state index is -1.56. The van der Waals surface area contributed by atoms with Gasteiger partial charge in [0.25, 0.3) is 0 Å². The summed E-state index contributed by atoms with van der Waals surface area (Å²) < 4.78 is 9.90. The number of aliphatic hydroxyl groups excluding tert-OH is 2. The van der Waals surface area contributed by atoms with Gasteiger partial charge >= 0.3 is 71.1 Å². The maximum Gasteiger partial charge on any atom is 1.00 e. The standard InChI is InChI=1S/C22H36N2O14.2Na/c1-15(25)11-33-23(35-13-17(3)37-21(31)7-5-19(27)28)9-10-24(34-12-16(2)26)36-14-18(4)38-22(32)8-6-20(29)30;;/h5-8,15-18,25-26H,9-14H2,1-4H3,(H,27,28)(H,29,30);;/q;2*+1/p-2/b7-5-,8-6-;;. The molecule has 0 amide bonds.